The predicted molar refractivity (Wildman–Crippen MR) is 163 cm³/mol. The van der Waals surface area contributed by atoms with Crippen LogP contribution in [0.3, 0.4) is 0 Å². The number of hydrogen-bond acceptors (Lipinski definition) is 6. The van der Waals surface area contributed by atoms with E-state index in [0.29, 0.717) is 11.0 Å². The number of aromatic nitrogens is 2. The van der Waals surface area contributed by atoms with Crippen LogP contribution < -0.4 is 26.7 Å². The van der Waals surface area contributed by atoms with Gasteiger partial charge >= 0.3 is 12.0 Å². The first-order chi connectivity index (χ1) is 20.0. The van der Waals surface area contributed by atoms with Gasteiger partial charge in [0.05, 0.1) is 17.1 Å². The van der Waals surface area contributed by atoms with Crippen molar-refractivity contribution in [3.63, 3.8) is 0 Å². The molecule has 4 aromatic carbocycles. The highest BCUT2D eigenvalue weighted by molar-refractivity contribution is 7.94. The first kappa shape index (κ1) is 27.7. The minimum absolute atomic E-state index is 0.164. The van der Waals surface area contributed by atoms with Crippen molar-refractivity contribution in [3.05, 3.63) is 115 Å². The Morgan fingerprint density at radius 1 is 0.805 bits per heavy atom. The van der Waals surface area contributed by atoms with Crippen LogP contribution in [0.5, 0.6) is 0 Å². The highest BCUT2D eigenvalue weighted by atomic mass is 31.2. The molecule has 9 nitrogen and oxygen atoms in total. The number of nitrogens with zero attached hydrogens (tertiary/aromatic N) is 4. The molecule has 0 unspecified atom stereocenters. The third kappa shape index (κ3) is 6.00. The van der Waals surface area contributed by atoms with Gasteiger partial charge in [0.15, 0.2) is 0 Å². The zero-order valence-electron chi connectivity index (χ0n) is 22.7. The van der Waals surface area contributed by atoms with Gasteiger partial charge in [-0.15, -0.1) is 0 Å². The summed E-state index contributed by atoms with van der Waals surface area (Å²) in [4.78, 5) is 34.9. The van der Waals surface area contributed by atoms with Gasteiger partial charge in [-0.2, -0.15) is 0 Å². The van der Waals surface area contributed by atoms with E-state index in [0.717, 1.165) is 15.9 Å². The Kier molecular flexibility index (Phi) is 8.46. The van der Waals surface area contributed by atoms with Gasteiger partial charge in [0.25, 0.3) is 7.41 Å². The third-order valence-corrected chi connectivity index (χ3v) is 9.73. The molecule has 206 valence electrons. The van der Waals surface area contributed by atoms with E-state index in [1.165, 1.54) is 4.57 Å². The first-order valence-electron chi connectivity index (χ1n) is 13.2. The van der Waals surface area contributed by atoms with E-state index in [1.807, 2.05) is 66.7 Å². The average molecular weight is 566 g/mol. The maximum atomic E-state index is 13.3. The lowest BCUT2D eigenvalue weighted by Crippen LogP contribution is -2.35. The summed E-state index contributed by atoms with van der Waals surface area (Å²) in [5.41, 5.74) is 4.06. The Labute approximate surface area is 238 Å². The van der Waals surface area contributed by atoms with Crippen LogP contribution in [0.25, 0.3) is 11.0 Å². The molecule has 0 radical (unpaired) electrons. The Morgan fingerprint density at radius 3 is 1.85 bits per heavy atom. The van der Waals surface area contributed by atoms with Gasteiger partial charge in [-0.05, 0) is 67.6 Å². The van der Waals surface area contributed by atoms with E-state index in [4.69, 9.17) is 9.62 Å². The molecular weight excluding hydrogens is 535 g/mol. The second-order valence-electron chi connectivity index (χ2n) is 9.40. The summed E-state index contributed by atoms with van der Waals surface area (Å²) in [7, 11) is -2.61. The minimum Gasteiger partial charge on any atom is -0.462 e. The number of rotatable bonds is 9. The topological polar surface area (TPSA) is 110 Å². The maximum absolute atomic E-state index is 13.3. The van der Waals surface area contributed by atoms with Crippen molar-refractivity contribution >= 4 is 52.3 Å². The fraction of sp³-hybridized carbons (Fsp3) is 0.129. The number of hydrogen-bond donors (Lipinski definition) is 2. The minimum atomic E-state index is -2.61. The molecule has 0 aliphatic rings. The van der Waals surface area contributed by atoms with Crippen LogP contribution in [0, 0.1) is 0 Å². The van der Waals surface area contributed by atoms with Gasteiger partial charge in [-0.25, -0.2) is 19.8 Å². The van der Waals surface area contributed by atoms with Crippen LogP contribution in [0.1, 0.15) is 13.8 Å². The maximum Gasteiger partial charge on any atom is 0.329 e. The molecule has 0 aliphatic heterocycles. The third-order valence-electron chi connectivity index (χ3n) is 6.23. The van der Waals surface area contributed by atoms with E-state index in [2.05, 4.69) is 57.3 Å². The first-order valence-corrected chi connectivity index (χ1v) is 14.9. The molecule has 0 bridgehead atoms. The quantitative estimate of drug-likeness (QED) is 0.110. The number of ether oxygens (including phenoxy) is 1. The molecule has 0 spiro atoms. The highest BCUT2D eigenvalue weighted by Gasteiger charge is 2.47. The van der Waals surface area contributed by atoms with Crippen molar-refractivity contribution in [1.82, 2.24) is 14.9 Å². The standard InChI is InChI=1S/C31H29N6O3P/c1-23(2)40-29(38)22-32-31(39)37-28-21-13-12-20-27(28)33-30(37)34-35-36-41(24-14-6-3-7-15-24,25-16-8-4-9-17-25)26-18-10-5-11-19-26/h3-21,23H,22H2,1-2H3,(H-,32,33,34,36,39)/p+1. The molecule has 0 fully saturated rings. The van der Waals surface area contributed by atoms with Gasteiger partial charge in [-0.3, -0.25) is 4.79 Å². The van der Waals surface area contributed by atoms with Crippen molar-refractivity contribution < 1.29 is 14.3 Å². The molecule has 0 atom stereocenters. The molecular formula is C31H30N6O3P+. The van der Waals surface area contributed by atoms with Gasteiger partial charge < -0.3 is 10.1 Å². The zero-order chi connectivity index (χ0) is 28.7. The molecule has 41 heavy (non-hydrogen) atoms. The normalized spacial score (nSPS) is 11.6. The predicted octanol–water partition coefficient (Wildman–Crippen LogP) is 5.23. The van der Waals surface area contributed by atoms with Crippen molar-refractivity contribution in [1.29, 1.82) is 0 Å². The molecule has 0 saturated carbocycles. The molecule has 1 amide bonds. The fourth-order valence-corrected chi connectivity index (χ4v) is 7.70. The Hall–Kier alpha value is -4.88. The van der Waals surface area contributed by atoms with E-state index in [-0.39, 0.29) is 18.6 Å². The van der Waals surface area contributed by atoms with Crippen LogP contribution in [-0.4, -0.2) is 34.2 Å². The molecule has 0 aliphatic carbocycles. The van der Waals surface area contributed by atoms with E-state index in [1.54, 1.807) is 26.0 Å². The number of nitrogens with one attached hydrogen (secondary N) is 2. The monoisotopic (exact) mass is 565 g/mol. The number of anilines is 1. The van der Waals surface area contributed by atoms with Crippen molar-refractivity contribution in [2.75, 3.05) is 12.0 Å². The zero-order valence-corrected chi connectivity index (χ0v) is 23.6. The summed E-state index contributed by atoms with van der Waals surface area (Å²) in [6.07, 6.45) is -0.284. The molecule has 2 N–H and O–H groups in total. The van der Waals surface area contributed by atoms with Crippen molar-refractivity contribution in [2.45, 2.75) is 20.0 Å². The van der Waals surface area contributed by atoms with E-state index >= 15 is 0 Å². The number of esters is 1. The largest absolute Gasteiger partial charge is 0.462 e. The van der Waals surface area contributed by atoms with Gasteiger partial charge in [0.2, 0.25) is 5.95 Å². The fourth-order valence-electron chi connectivity index (χ4n) is 4.51. The molecule has 5 aromatic rings. The molecule has 5 rings (SSSR count). The molecule has 10 heteroatoms. The number of carbonyl (C=O) groups is 2. The number of imidazole rings is 1. The van der Waals surface area contributed by atoms with Crippen molar-refractivity contribution in [3.8, 4) is 0 Å². The van der Waals surface area contributed by atoms with Crippen LogP contribution in [0.4, 0.5) is 10.7 Å². The van der Waals surface area contributed by atoms with Crippen LogP contribution in [0.15, 0.2) is 125 Å². The Balaban J connectivity index is 1.55. The van der Waals surface area contributed by atoms with Crippen LogP contribution >= 0.6 is 7.41 Å². The lowest BCUT2D eigenvalue weighted by molar-refractivity contribution is -0.146. The number of para-hydroxylation sites is 2. The number of amides is 1. The summed E-state index contributed by atoms with van der Waals surface area (Å²) >= 11 is 0. The number of carbonyl (C=O) groups excluding carboxylic acids is 2. The van der Waals surface area contributed by atoms with E-state index in [9.17, 15) is 9.59 Å². The summed E-state index contributed by atoms with van der Waals surface area (Å²) in [5.74, 6) is -0.368. The van der Waals surface area contributed by atoms with Crippen LogP contribution in [-0.2, 0) is 9.53 Å². The lowest BCUT2D eigenvalue weighted by Gasteiger charge is -2.20. The molecule has 0 saturated heterocycles. The Morgan fingerprint density at radius 2 is 1.32 bits per heavy atom. The van der Waals surface area contributed by atoms with E-state index < -0.39 is 19.4 Å². The Bertz CT molecular complexity index is 1560. The van der Waals surface area contributed by atoms with Gasteiger partial charge in [0, 0.05) is 4.88 Å². The summed E-state index contributed by atoms with van der Waals surface area (Å²) in [6, 6.07) is 36.9. The summed E-state index contributed by atoms with van der Waals surface area (Å²) in [6.45, 7) is 3.22. The highest BCUT2D eigenvalue weighted by Crippen LogP contribution is 2.57. The summed E-state index contributed by atoms with van der Waals surface area (Å²) in [5, 5.41) is 10.2. The number of fused-ring (bicyclic) bond motifs is 1. The SMILES string of the molecule is CC(C)OC(=O)CNC(=O)n1c(N/N=N/[P+](c2ccccc2)(c2ccccc2)c2ccccc2)nc2ccccc21. The van der Waals surface area contributed by atoms with Gasteiger partial charge in [0.1, 0.15) is 22.5 Å². The summed E-state index contributed by atoms with van der Waals surface area (Å²) < 4.78 is 6.48. The van der Waals surface area contributed by atoms with Crippen molar-refractivity contribution in [2.24, 2.45) is 10.1 Å². The average Bonchev–Trinajstić information content (AvgIpc) is 3.37. The van der Waals surface area contributed by atoms with Crippen LogP contribution in [0.2, 0.25) is 0 Å². The lowest BCUT2D eigenvalue weighted by atomic mass is 10.3. The molecule has 1 aromatic heterocycles. The van der Waals surface area contributed by atoms with Gasteiger partial charge in [-0.1, -0.05) is 66.7 Å². The second-order valence-corrected chi connectivity index (χ2v) is 12.4. The smallest absolute Gasteiger partial charge is 0.329 e. The number of benzene rings is 4. The molecule has 1 heterocycles. The second kappa shape index (κ2) is 12.5.